The number of nitrogens with zero attached hydrogens (tertiary/aromatic N) is 3. The number of hydrogen-bond donors (Lipinski definition) is 2. The SMILES string of the molecule is CN=C(NCc1csc(-c2ccc(OC)cc2)n1)NCc1nc(C)c(C)o1.I. The van der Waals surface area contributed by atoms with E-state index in [-0.39, 0.29) is 24.0 Å². The second-order valence-electron chi connectivity index (χ2n) is 5.90. The number of hydrogen-bond acceptors (Lipinski definition) is 6. The maximum atomic E-state index is 5.56. The molecule has 0 aliphatic heterocycles. The molecular formula is C19H24IN5O2S. The Morgan fingerprint density at radius 2 is 1.86 bits per heavy atom. The van der Waals surface area contributed by atoms with Gasteiger partial charge >= 0.3 is 0 Å². The summed E-state index contributed by atoms with van der Waals surface area (Å²) < 4.78 is 10.8. The average molecular weight is 513 g/mol. The van der Waals surface area contributed by atoms with Gasteiger partial charge in [0.25, 0.3) is 0 Å². The van der Waals surface area contributed by atoms with E-state index in [1.165, 1.54) is 0 Å². The molecule has 2 aromatic heterocycles. The number of halogens is 1. The van der Waals surface area contributed by atoms with Crippen LogP contribution in [0.5, 0.6) is 5.75 Å². The van der Waals surface area contributed by atoms with Crippen LogP contribution in [0.1, 0.15) is 23.0 Å². The van der Waals surface area contributed by atoms with Crippen molar-refractivity contribution in [2.45, 2.75) is 26.9 Å². The predicted octanol–water partition coefficient (Wildman–Crippen LogP) is 3.91. The number of ether oxygens (including phenoxy) is 1. The third-order valence-corrected chi connectivity index (χ3v) is 4.97. The number of aryl methyl sites for hydroxylation is 2. The molecule has 9 heteroatoms. The Morgan fingerprint density at radius 1 is 1.14 bits per heavy atom. The Labute approximate surface area is 185 Å². The smallest absolute Gasteiger partial charge is 0.214 e. The van der Waals surface area contributed by atoms with Crippen LogP contribution in [0.3, 0.4) is 0 Å². The van der Waals surface area contributed by atoms with Gasteiger partial charge in [-0.3, -0.25) is 4.99 Å². The third kappa shape index (κ3) is 5.68. The van der Waals surface area contributed by atoms with E-state index in [1.54, 1.807) is 25.5 Å². The lowest BCUT2D eigenvalue weighted by molar-refractivity contribution is 0.415. The van der Waals surface area contributed by atoms with Crippen LogP contribution in [-0.2, 0) is 13.1 Å². The normalized spacial score (nSPS) is 11.1. The summed E-state index contributed by atoms with van der Waals surface area (Å²) in [5.74, 6) is 2.98. The third-order valence-electron chi connectivity index (χ3n) is 4.03. The minimum Gasteiger partial charge on any atom is -0.497 e. The Morgan fingerprint density at radius 3 is 2.46 bits per heavy atom. The topological polar surface area (TPSA) is 84.6 Å². The summed E-state index contributed by atoms with van der Waals surface area (Å²) in [4.78, 5) is 13.2. The molecule has 0 fully saturated rings. The first-order valence-corrected chi connectivity index (χ1v) is 9.43. The molecule has 0 spiro atoms. The molecule has 1 aromatic carbocycles. The first kappa shape index (κ1) is 22.2. The molecule has 0 amide bonds. The standard InChI is InChI=1S/C19H23N5O2S.HI/c1-12-13(2)26-17(23-12)10-22-19(20-3)21-9-15-11-27-18(24-15)14-5-7-16(25-4)8-6-14;/h5-8,11H,9-10H2,1-4H3,(H2,20,21,22);1H. The van der Waals surface area contributed by atoms with Crippen molar-refractivity contribution in [1.82, 2.24) is 20.6 Å². The number of aromatic nitrogens is 2. The van der Waals surface area contributed by atoms with Crippen LogP contribution < -0.4 is 15.4 Å². The molecule has 2 heterocycles. The van der Waals surface area contributed by atoms with E-state index >= 15 is 0 Å². The van der Waals surface area contributed by atoms with Crippen LogP contribution >= 0.6 is 35.3 Å². The van der Waals surface area contributed by atoms with E-state index in [0.29, 0.717) is 24.9 Å². The zero-order valence-corrected chi connectivity index (χ0v) is 19.4. The highest BCUT2D eigenvalue weighted by Gasteiger charge is 2.08. The molecule has 0 aliphatic carbocycles. The van der Waals surface area contributed by atoms with Crippen LogP contribution in [-0.4, -0.2) is 30.1 Å². The maximum Gasteiger partial charge on any atom is 0.214 e. The van der Waals surface area contributed by atoms with E-state index in [2.05, 4.69) is 25.6 Å². The van der Waals surface area contributed by atoms with Gasteiger partial charge in [0.1, 0.15) is 16.5 Å². The van der Waals surface area contributed by atoms with E-state index < -0.39 is 0 Å². The van der Waals surface area contributed by atoms with Crippen LogP contribution in [0.15, 0.2) is 39.1 Å². The second-order valence-corrected chi connectivity index (χ2v) is 6.76. The Kier molecular flexibility index (Phi) is 8.24. The van der Waals surface area contributed by atoms with E-state index in [1.807, 2.05) is 43.5 Å². The van der Waals surface area contributed by atoms with Gasteiger partial charge in [-0.1, -0.05) is 0 Å². The summed E-state index contributed by atoms with van der Waals surface area (Å²) in [6.45, 7) is 4.89. The molecule has 28 heavy (non-hydrogen) atoms. The van der Waals surface area contributed by atoms with Gasteiger partial charge in [-0.2, -0.15) is 0 Å². The maximum absolute atomic E-state index is 5.56. The van der Waals surface area contributed by atoms with Gasteiger partial charge in [0.15, 0.2) is 5.96 Å². The minimum absolute atomic E-state index is 0. The average Bonchev–Trinajstić information content (AvgIpc) is 3.29. The summed E-state index contributed by atoms with van der Waals surface area (Å²) in [5, 5.41) is 9.46. The summed E-state index contributed by atoms with van der Waals surface area (Å²) in [5.41, 5.74) is 2.93. The van der Waals surface area contributed by atoms with Crippen LogP contribution in [0.2, 0.25) is 0 Å². The lowest BCUT2D eigenvalue weighted by Gasteiger charge is -2.09. The number of benzene rings is 1. The Hall–Kier alpha value is -2.14. The fourth-order valence-electron chi connectivity index (χ4n) is 2.42. The zero-order chi connectivity index (χ0) is 19.2. The van der Waals surface area contributed by atoms with Gasteiger partial charge in [0.05, 0.1) is 31.6 Å². The molecule has 3 aromatic rings. The second kappa shape index (κ2) is 10.4. The van der Waals surface area contributed by atoms with Crippen LogP contribution in [0.25, 0.3) is 10.6 Å². The monoisotopic (exact) mass is 513 g/mol. The summed E-state index contributed by atoms with van der Waals surface area (Å²) in [7, 11) is 3.39. The number of guanidine groups is 1. The number of nitrogens with one attached hydrogen (secondary N) is 2. The van der Waals surface area contributed by atoms with E-state index in [4.69, 9.17) is 9.15 Å². The van der Waals surface area contributed by atoms with Crippen molar-refractivity contribution in [2.24, 2.45) is 4.99 Å². The Balaban J connectivity index is 0.00000280. The highest BCUT2D eigenvalue weighted by molar-refractivity contribution is 14.0. The van der Waals surface area contributed by atoms with Crippen molar-refractivity contribution in [3.63, 3.8) is 0 Å². The molecule has 0 radical (unpaired) electrons. The van der Waals surface area contributed by atoms with Gasteiger partial charge in [-0.25, -0.2) is 9.97 Å². The number of aliphatic imine (C=N–C) groups is 1. The van der Waals surface area contributed by atoms with E-state index in [0.717, 1.165) is 33.5 Å². The molecule has 0 saturated heterocycles. The molecule has 7 nitrogen and oxygen atoms in total. The molecule has 0 aliphatic rings. The lowest BCUT2D eigenvalue weighted by atomic mass is 10.2. The fourth-order valence-corrected chi connectivity index (χ4v) is 3.25. The highest BCUT2D eigenvalue weighted by Crippen LogP contribution is 2.25. The summed E-state index contributed by atoms with van der Waals surface area (Å²) in [6, 6.07) is 7.89. The molecule has 0 saturated carbocycles. The Bertz CT molecular complexity index is 901. The first-order valence-electron chi connectivity index (χ1n) is 8.55. The molecule has 2 N–H and O–H groups in total. The number of thiazole rings is 1. The van der Waals surface area contributed by atoms with Gasteiger partial charge in [0.2, 0.25) is 5.89 Å². The minimum atomic E-state index is 0. The lowest BCUT2D eigenvalue weighted by Crippen LogP contribution is -2.36. The van der Waals surface area contributed by atoms with Gasteiger partial charge in [-0.15, -0.1) is 35.3 Å². The van der Waals surface area contributed by atoms with Crippen LogP contribution in [0, 0.1) is 13.8 Å². The molecule has 150 valence electrons. The molecule has 0 unspecified atom stereocenters. The molecule has 0 bridgehead atoms. The highest BCUT2D eigenvalue weighted by atomic mass is 127. The van der Waals surface area contributed by atoms with Crippen molar-refractivity contribution < 1.29 is 9.15 Å². The molecule has 3 rings (SSSR count). The molecular weight excluding hydrogens is 489 g/mol. The molecule has 0 atom stereocenters. The predicted molar refractivity (Wildman–Crippen MR) is 123 cm³/mol. The van der Waals surface area contributed by atoms with E-state index in [9.17, 15) is 0 Å². The van der Waals surface area contributed by atoms with Crippen molar-refractivity contribution in [3.8, 4) is 16.3 Å². The van der Waals surface area contributed by atoms with Gasteiger partial charge < -0.3 is 19.8 Å². The first-order chi connectivity index (χ1) is 13.1. The van der Waals surface area contributed by atoms with Crippen molar-refractivity contribution in [1.29, 1.82) is 0 Å². The van der Waals surface area contributed by atoms with Crippen molar-refractivity contribution in [3.05, 3.63) is 52.7 Å². The zero-order valence-electron chi connectivity index (χ0n) is 16.3. The largest absolute Gasteiger partial charge is 0.497 e. The van der Waals surface area contributed by atoms with Crippen molar-refractivity contribution in [2.75, 3.05) is 14.2 Å². The number of methoxy groups -OCH3 is 1. The van der Waals surface area contributed by atoms with Gasteiger partial charge in [-0.05, 0) is 38.1 Å². The summed E-state index contributed by atoms with van der Waals surface area (Å²) >= 11 is 1.61. The quantitative estimate of drug-likeness (QED) is 0.296. The summed E-state index contributed by atoms with van der Waals surface area (Å²) in [6.07, 6.45) is 0. The fraction of sp³-hybridized carbons (Fsp3) is 0.316. The van der Waals surface area contributed by atoms with Crippen LogP contribution in [0.4, 0.5) is 0 Å². The van der Waals surface area contributed by atoms with Crippen molar-refractivity contribution >= 4 is 41.3 Å². The number of oxazole rings is 1. The number of rotatable bonds is 6. The van der Waals surface area contributed by atoms with Gasteiger partial charge in [0, 0.05) is 18.0 Å².